The third-order valence-electron chi connectivity index (χ3n) is 5.20. The van der Waals surface area contributed by atoms with E-state index in [1.807, 2.05) is 6.92 Å². The largest absolute Gasteiger partial charge is 0.482 e. The SMILES string of the molecule is C[C@H]1Oc2cc(cnc2N)-c2c(nn(C)c2C#N)B(O)CCc2ccc(F)cc21. The van der Waals surface area contributed by atoms with E-state index in [9.17, 15) is 14.7 Å². The summed E-state index contributed by atoms with van der Waals surface area (Å²) < 4.78 is 21.4. The van der Waals surface area contributed by atoms with Crippen LogP contribution in [-0.4, -0.2) is 26.7 Å². The van der Waals surface area contributed by atoms with Crippen LogP contribution in [0.4, 0.5) is 10.2 Å². The molecule has 4 rings (SSSR count). The monoisotopic (exact) mass is 391 g/mol. The molecule has 0 aliphatic carbocycles. The molecule has 0 saturated carbocycles. The minimum absolute atomic E-state index is 0.181. The number of nitriles is 1. The van der Waals surface area contributed by atoms with E-state index in [0.29, 0.717) is 46.5 Å². The molecular weight excluding hydrogens is 372 g/mol. The molecule has 1 aromatic carbocycles. The van der Waals surface area contributed by atoms with Gasteiger partial charge in [-0.25, -0.2) is 9.37 Å². The molecule has 1 aliphatic heterocycles. The van der Waals surface area contributed by atoms with E-state index in [4.69, 9.17) is 10.5 Å². The van der Waals surface area contributed by atoms with E-state index in [0.717, 1.165) is 5.56 Å². The second-order valence-corrected chi connectivity index (χ2v) is 7.11. The first-order valence-corrected chi connectivity index (χ1v) is 9.25. The summed E-state index contributed by atoms with van der Waals surface area (Å²) in [6.45, 7) is 0.899. The molecule has 2 aromatic heterocycles. The van der Waals surface area contributed by atoms with Gasteiger partial charge in [0.15, 0.2) is 11.6 Å². The highest BCUT2D eigenvalue weighted by molar-refractivity contribution is 6.67. The normalized spacial score (nSPS) is 16.0. The standard InChI is InChI=1S/C20H19BFN5O2/c1-11-15-8-14(22)4-3-12(15)5-6-21(28)19-18(16(9-23)27(2)26-19)13-7-17(29-11)20(24)25-10-13/h3-4,7-8,10-11,28H,5-6H2,1-2H3,(H2,24,25)/t11-/m1/s1. The Bertz CT molecular complexity index is 1140. The number of nitrogen functional groups attached to an aromatic ring is 1. The highest BCUT2D eigenvalue weighted by atomic mass is 19.1. The van der Waals surface area contributed by atoms with Gasteiger partial charge in [0.2, 0.25) is 0 Å². The summed E-state index contributed by atoms with van der Waals surface area (Å²) in [5, 5.41) is 24.9. The van der Waals surface area contributed by atoms with Gasteiger partial charge < -0.3 is 15.5 Å². The minimum atomic E-state index is -0.909. The molecule has 3 heterocycles. The number of nitrogens with two attached hydrogens (primary N) is 1. The van der Waals surface area contributed by atoms with Crippen LogP contribution >= 0.6 is 0 Å². The fourth-order valence-corrected chi connectivity index (χ4v) is 3.73. The van der Waals surface area contributed by atoms with Crippen molar-refractivity contribution in [2.24, 2.45) is 7.05 Å². The van der Waals surface area contributed by atoms with Gasteiger partial charge in [-0.05, 0) is 49.0 Å². The average molecular weight is 391 g/mol. The van der Waals surface area contributed by atoms with Gasteiger partial charge >= 0.3 is 6.92 Å². The van der Waals surface area contributed by atoms with Crippen LogP contribution in [0.1, 0.15) is 29.8 Å². The number of benzene rings is 1. The van der Waals surface area contributed by atoms with Gasteiger partial charge in [-0.2, -0.15) is 10.4 Å². The van der Waals surface area contributed by atoms with E-state index in [-0.39, 0.29) is 11.6 Å². The summed E-state index contributed by atoms with van der Waals surface area (Å²) in [6, 6.07) is 8.33. The zero-order valence-electron chi connectivity index (χ0n) is 16.1. The highest BCUT2D eigenvalue weighted by Crippen LogP contribution is 2.33. The quantitative estimate of drug-likeness (QED) is 0.567. The van der Waals surface area contributed by atoms with E-state index < -0.39 is 13.0 Å². The molecule has 29 heavy (non-hydrogen) atoms. The molecule has 0 spiro atoms. The molecule has 0 fully saturated rings. The maximum absolute atomic E-state index is 13.9. The Morgan fingerprint density at radius 2 is 2.21 bits per heavy atom. The number of pyridine rings is 1. The summed E-state index contributed by atoms with van der Waals surface area (Å²) >= 11 is 0. The number of ether oxygens (including phenoxy) is 1. The molecule has 9 heteroatoms. The van der Waals surface area contributed by atoms with Crippen molar-refractivity contribution in [1.29, 1.82) is 5.26 Å². The Hall–Kier alpha value is -3.38. The zero-order valence-corrected chi connectivity index (χ0v) is 16.1. The van der Waals surface area contributed by atoms with Crippen LogP contribution in [0.15, 0.2) is 30.5 Å². The summed E-state index contributed by atoms with van der Waals surface area (Å²) in [6.07, 6.45) is 1.89. The third kappa shape index (κ3) is 3.32. The molecule has 3 N–H and O–H groups in total. The first-order chi connectivity index (χ1) is 13.9. The number of halogens is 1. The lowest BCUT2D eigenvalue weighted by Gasteiger charge is -2.21. The smallest absolute Gasteiger partial charge is 0.347 e. The van der Waals surface area contributed by atoms with Crippen molar-refractivity contribution in [3.05, 3.63) is 53.1 Å². The van der Waals surface area contributed by atoms with Gasteiger partial charge in [0.1, 0.15) is 23.7 Å². The average Bonchev–Trinajstić information content (AvgIpc) is 3.04. The van der Waals surface area contributed by atoms with Crippen LogP contribution in [-0.2, 0) is 13.5 Å². The van der Waals surface area contributed by atoms with Crippen molar-refractivity contribution in [1.82, 2.24) is 14.8 Å². The molecule has 1 aliphatic rings. The Kier molecular flexibility index (Phi) is 4.72. The molecular formula is C20H19BFN5O2. The molecule has 7 nitrogen and oxygen atoms in total. The van der Waals surface area contributed by atoms with Crippen LogP contribution in [0.2, 0.25) is 6.32 Å². The van der Waals surface area contributed by atoms with Crippen molar-refractivity contribution in [2.45, 2.75) is 25.8 Å². The fourth-order valence-electron chi connectivity index (χ4n) is 3.73. The predicted molar refractivity (Wildman–Crippen MR) is 107 cm³/mol. The second kappa shape index (κ2) is 7.22. The number of hydrogen-bond donors (Lipinski definition) is 2. The van der Waals surface area contributed by atoms with Gasteiger partial charge in [0.05, 0.1) is 5.59 Å². The van der Waals surface area contributed by atoms with E-state index in [1.165, 1.54) is 23.0 Å². The van der Waals surface area contributed by atoms with Crippen molar-refractivity contribution in [2.75, 3.05) is 5.73 Å². The van der Waals surface area contributed by atoms with Crippen molar-refractivity contribution < 1.29 is 14.2 Å². The van der Waals surface area contributed by atoms with Gasteiger partial charge in [0.25, 0.3) is 0 Å². The summed E-state index contributed by atoms with van der Waals surface area (Å²) in [7, 11) is 1.65. The number of fused-ring (bicyclic) bond motifs is 5. The number of anilines is 1. The second-order valence-electron chi connectivity index (χ2n) is 7.11. The first kappa shape index (κ1) is 19.0. The van der Waals surface area contributed by atoms with Crippen molar-refractivity contribution in [3.63, 3.8) is 0 Å². The van der Waals surface area contributed by atoms with Crippen molar-refractivity contribution in [3.8, 4) is 22.9 Å². The van der Waals surface area contributed by atoms with Crippen LogP contribution in [0.3, 0.4) is 0 Å². The summed E-state index contributed by atoms with van der Waals surface area (Å²) in [5.41, 5.74) is 9.32. The Labute approximate surface area is 167 Å². The molecule has 3 aromatic rings. The Balaban J connectivity index is 1.94. The van der Waals surface area contributed by atoms with Gasteiger partial charge in [-0.15, -0.1) is 0 Å². The van der Waals surface area contributed by atoms with E-state index >= 15 is 0 Å². The predicted octanol–water partition coefficient (Wildman–Crippen LogP) is 1.96. The number of nitrogens with zero attached hydrogens (tertiary/aromatic N) is 4. The topological polar surface area (TPSA) is 110 Å². The molecule has 2 bridgehead atoms. The maximum atomic E-state index is 13.9. The maximum Gasteiger partial charge on any atom is 0.347 e. The van der Waals surface area contributed by atoms with Crippen LogP contribution < -0.4 is 16.1 Å². The van der Waals surface area contributed by atoms with Crippen LogP contribution in [0.25, 0.3) is 11.1 Å². The summed E-state index contributed by atoms with van der Waals surface area (Å²) in [4.78, 5) is 4.20. The van der Waals surface area contributed by atoms with Gasteiger partial charge in [-0.1, -0.05) is 6.07 Å². The lowest BCUT2D eigenvalue weighted by atomic mass is 9.58. The lowest BCUT2D eigenvalue weighted by Crippen LogP contribution is -2.34. The highest BCUT2D eigenvalue weighted by Gasteiger charge is 2.29. The Morgan fingerprint density at radius 1 is 1.41 bits per heavy atom. The lowest BCUT2D eigenvalue weighted by molar-refractivity contribution is 0.226. The number of aromatic nitrogens is 3. The molecule has 0 unspecified atom stereocenters. The molecule has 146 valence electrons. The van der Waals surface area contributed by atoms with Gasteiger partial charge in [0, 0.05) is 24.4 Å². The molecule has 1 atom stereocenters. The van der Waals surface area contributed by atoms with E-state index in [1.54, 1.807) is 19.2 Å². The molecule has 0 amide bonds. The summed E-state index contributed by atoms with van der Waals surface area (Å²) in [5.74, 6) is 0.136. The van der Waals surface area contributed by atoms with E-state index in [2.05, 4.69) is 16.2 Å². The fraction of sp³-hybridized carbons (Fsp3) is 0.250. The van der Waals surface area contributed by atoms with Crippen LogP contribution in [0.5, 0.6) is 5.75 Å². The number of hydrogen-bond acceptors (Lipinski definition) is 6. The number of rotatable bonds is 0. The van der Waals surface area contributed by atoms with Crippen LogP contribution in [0, 0.1) is 17.1 Å². The third-order valence-corrected chi connectivity index (χ3v) is 5.20. The number of aryl methyl sites for hydroxylation is 2. The minimum Gasteiger partial charge on any atom is -0.482 e. The van der Waals surface area contributed by atoms with Crippen molar-refractivity contribution >= 4 is 18.3 Å². The molecule has 0 radical (unpaired) electrons. The Morgan fingerprint density at radius 3 is 2.97 bits per heavy atom. The zero-order chi connectivity index (χ0) is 20.7. The van der Waals surface area contributed by atoms with Gasteiger partial charge in [-0.3, -0.25) is 4.68 Å². The molecule has 0 saturated heterocycles. The first-order valence-electron chi connectivity index (χ1n) is 9.25.